The van der Waals surface area contributed by atoms with Crippen LogP contribution in [0, 0.1) is 6.92 Å². The number of ether oxygens (including phenoxy) is 1. The summed E-state index contributed by atoms with van der Waals surface area (Å²) in [6, 6.07) is 10.6. The third-order valence-corrected chi connectivity index (χ3v) is 5.33. The number of nitrogens with one attached hydrogen (secondary N) is 1. The molecule has 3 aromatic rings. The highest BCUT2D eigenvalue weighted by Gasteiger charge is 2.28. The lowest BCUT2D eigenvalue weighted by molar-refractivity contribution is -0.933. The van der Waals surface area contributed by atoms with Gasteiger partial charge in [-0.05, 0) is 45.0 Å². The van der Waals surface area contributed by atoms with E-state index < -0.39 is 6.10 Å². The van der Waals surface area contributed by atoms with Crippen molar-refractivity contribution in [2.45, 2.75) is 32.4 Å². The summed E-state index contributed by atoms with van der Waals surface area (Å²) in [5.41, 5.74) is 1.59. The van der Waals surface area contributed by atoms with E-state index >= 15 is 0 Å². The summed E-state index contributed by atoms with van der Waals surface area (Å²) in [6.07, 6.45) is -0.687. The monoisotopic (exact) mass is 421 g/mol. The van der Waals surface area contributed by atoms with Crippen LogP contribution in [0.4, 0.5) is 0 Å². The average molecular weight is 422 g/mol. The smallest absolute Gasteiger partial charge is 0.200 e. The second kappa shape index (κ2) is 9.13. The summed E-state index contributed by atoms with van der Waals surface area (Å²) in [7, 11) is 1.93. The van der Waals surface area contributed by atoms with Crippen LogP contribution in [0.1, 0.15) is 19.4 Å². The summed E-state index contributed by atoms with van der Waals surface area (Å²) < 4.78 is 11.6. The van der Waals surface area contributed by atoms with Gasteiger partial charge in [-0.15, -0.1) is 0 Å². The molecule has 0 bridgehead atoms. The summed E-state index contributed by atoms with van der Waals surface area (Å²) in [6.45, 7) is 6.40. The van der Waals surface area contributed by atoms with Gasteiger partial charge < -0.3 is 36.7 Å². The lowest BCUT2D eigenvalue weighted by Gasteiger charge is -2.31. The minimum Gasteiger partial charge on any atom is -1.00 e. The normalized spacial score (nSPS) is 13.9. The molecule has 1 heterocycles. The summed E-state index contributed by atoms with van der Waals surface area (Å²) in [4.78, 5) is 13.7. The van der Waals surface area contributed by atoms with Crippen LogP contribution in [0.25, 0.3) is 21.9 Å². The van der Waals surface area contributed by atoms with Gasteiger partial charge in [-0.25, -0.2) is 0 Å². The summed E-state index contributed by atoms with van der Waals surface area (Å²) >= 11 is 0. The van der Waals surface area contributed by atoms with Crippen molar-refractivity contribution >= 4 is 21.9 Å². The minimum atomic E-state index is -0.687. The molecule has 7 heteroatoms. The maximum Gasteiger partial charge on any atom is 0.200 e. The Bertz CT molecular complexity index is 1050. The van der Waals surface area contributed by atoms with Crippen molar-refractivity contribution in [3.63, 3.8) is 0 Å². The third-order valence-electron chi connectivity index (χ3n) is 5.33. The Morgan fingerprint density at radius 2 is 1.86 bits per heavy atom. The molecule has 29 heavy (non-hydrogen) atoms. The van der Waals surface area contributed by atoms with Gasteiger partial charge in [-0.2, -0.15) is 0 Å². The zero-order valence-electron chi connectivity index (χ0n) is 17.2. The van der Waals surface area contributed by atoms with Crippen LogP contribution >= 0.6 is 0 Å². The number of aliphatic hydroxyl groups excluding tert-OH is 2. The fourth-order valence-corrected chi connectivity index (χ4v) is 3.05. The van der Waals surface area contributed by atoms with Crippen LogP contribution in [-0.4, -0.2) is 48.7 Å². The lowest BCUT2D eigenvalue weighted by atomic mass is 10.0. The number of benzene rings is 2. The SMILES string of the molecule is Cc1ccc2oc3cc(OCC(O)C[NH+](C)C(C)(C)CO)ccc3c(=O)c2c1.[Cl-]. The molecule has 2 atom stereocenters. The lowest BCUT2D eigenvalue weighted by Crippen LogP contribution is -3.18. The van der Waals surface area contributed by atoms with Crippen LogP contribution in [-0.2, 0) is 0 Å². The van der Waals surface area contributed by atoms with Crippen molar-refractivity contribution in [1.29, 1.82) is 0 Å². The molecule has 0 saturated carbocycles. The molecular formula is C22H28ClNO5. The number of hydrogen-bond acceptors (Lipinski definition) is 5. The predicted octanol–water partition coefficient (Wildman–Crippen LogP) is -1.72. The quantitative estimate of drug-likeness (QED) is 0.395. The first-order valence-corrected chi connectivity index (χ1v) is 9.43. The molecule has 0 radical (unpaired) electrons. The fraction of sp³-hybridized carbons (Fsp3) is 0.409. The molecule has 2 aromatic carbocycles. The fourth-order valence-electron chi connectivity index (χ4n) is 3.05. The number of aryl methyl sites for hydroxylation is 1. The van der Waals surface area contributed by atoms with Gasteiger partial charge in [-0.3, -0.25) is 4.79 Å². The Kier molecular flexibility index (Phi) is 7.30. The van der Waals surface area contributed by atoms with Crippen LogP contribution in [0.3, 0.4) is 0 Å². The molecule has 3 rings (SSSR count). The highest BCUT2D eigenvalue weighted by atomic mass is 35.5. The number of halogens is 1. The Balaban J connectivity index is 0.00000300. The zero-order chi connectivity index (χ0) is 20.5. The van der Waals surface area contributed by atoms with Gasteiger partial charge in [0, 0.05) is 6.07 Å². The molecule has 0 aliphatic carbocycles. The van der Waals surface area contributed by atoms with Crippen molar-refractivity contribution in [2.24, 2.45) is 0 Å². The van der Waals surface area contributed by atoms with Crippen LogP contribution in [0.5, 0.6) is 5.75 Å². The molecule has 0 aliphatic rings. The molecule has 0 fully saturated rings. The second-order valence-electron chi connectivity index (χ2n) is 8.08. The molecule has 158 valence electrons. The van der Waals surface area contributed by atoms with E-state index in [0.717, 1.165) is 10.5 Å². The largest absolute Gasteiger partial charge is 1.00 e. The standard InChI is InChI=1S/C22H27NO5.ClH/c1-14-5-8-19-18(9-14)21(26)17-7-6-16(10-20(17)28-19)27-12-15(25)11-23(4)22(2,3)13-24;/h5-10,15,24-25H,11-13H2,1-4H3;1H. The number of likely N-dealkylation sites (N-methyl/N-ethyl adjacent to an activating group) is 1. The zero-order valence-corrected chi connectivity index (χ0v) is 17.9. The van der Waals surface area contributed by atoms with Gasteiger partial charge in [0.25, 0.3) is 0 Å². The van der Waals surface area contributed by atoms with Crippen LogP contribution < -0.4 is 27.5 Å². The molecular weight excluding hydrogens is 394 g/mol. The molecule has 0 spiro atoms. The maximum absolute atomic E-state index is 12.7. The number of quaternary nitrogens is 1. The Morgan fingerprint density at radius 1 is 1.14 bits per heavy atom. The Labute approximate surface area is 176 Å². The van der Waals surface area contributed by atoms with E-state index in [2.05, 4.69) is 0 Å². The van der Waals surface area contributed by atoms with Crippen molar-refractivity contribution in [2.75, 3.05) is 26.8 Å². The predicted molar refractivity (Wildman–Crippen MR) is 109 cm³/mol. The van der Waals surface area contributed by atoms with Gasteiger partial charge in [-0.1, -0.05) is 11.6 Å². The van der Waals surface area contributed by atoms with Crippen molar-refractivity contribution < 1.29 is 36.7 Å². The molecule has 1 aromatic heterocycles. The Hall–Kier alpha value is -2.12. The van der Waals surface area contributed by atoms with Crippen molar-refractivity contribution in [1.82, 2.24) is 0 Å². The van der Waals surface area contributed by atoms with Gasteiger partial charge in [0.1, 0.15) is 41.7 Å². The third kappa shape index (κ3) is 5.08. The topological polar surface area (TPSA) is 84.3 Å². The van der Waals surface area contributed by atoms with E-state index in [1.54, 1.807) is 24.3 Å². The van der Waals surface area contributed by atoms with E-state index in [4.69, 9.17) is 9.15 Å². The molecule has 6 nitrogen and oxygen atoms in total. The highest BCUT2D eigenvalue weighted by Crippen LogP contribution is 2.23. The van der Waals surface area contributed by atoms with Gasteiger partial charge >= 0.3 is 0 Å². The number of hydrogen-bond donors (Lipinski definition) is 3. The van der Waals surface area contributed by atoms with E-state index in [9.17, 15) is 15.0 Å². The average Bonchev–Trinajstić information content (AvgIpc) is 2.67. The van der Waals surface area contributed by atoms with Crippen LogP contribution in [0.15, 0.2) is 45.6 Å². The van der Waals surface area contributed by atoms with Crippen LogP contribution in [0.2, 0.25) is 0 Å². The molecule has 0 saturated heterocycles. The molecule has 0 aliphatic heterocycles. The molecule has 3 N–H and O–H groups in total. The summed E-state index contributed by atoms with van der Waals surface area (Å²) in [5, 5.41) is 20.8. The minimum absolute atomic E-state index is 0. The van der Waals surface area contributed by atoms with E-state index in [1.165, 1.54) is 0 Å². The number of rotatable bonds is 7. The number of fused-ring (bicyclic) bond motifs is 2. The van der Waals surface area contributed by atoms with Gasteiger partial charge in [0.05, 0.1) is 24.4 Å². The second-order valence-corrected chi connectivity index (χ2v) is 8.08. The first-order valence-electron chi connectivity index (χ1n) is 9.43. The van der Waals surface area contributed by atoms with Gasteiger partial charge in [0.2, 0.25) is 5.43 Å². The Morgan fingerprint density at radius 3 is 2.55 bits per heavy atom. The maximum atomic E-state index is 12.7. The van der Waals surface area contributed by atoms with Crippen molar-refractivity contribution in [3.05, 3.63) is 52.2 Å². The first-order chi connectivity index (χ1) is 13.2. The highest BCUT2D eigenvalue weighted by molar-refractivity contribution is 5.90. The van der Waals surface area contributed by atoms with E-state index in [0.29, 0.717) is 34.2 Å². The molecule has 2 unspecified atom stereocenters. The van der Waals surface area contributed by atoms with E-state index in [1.807, 2.05) is 40.0 Å². The summed E-state index contributed by atoms with van der Waals surface area (Å²) in [5.74, 6) is 0.528. The first kappa shape index (κ1) is 23.2. The number of aliphatic hydroxyl groups is 2. The van der Waals surface area contributed by atoms with Gasteiger partial charge in [0.15, 0.2) is 0 Å². The molecule has 0 amide bonds. The van der Waals surface area contributed by atoms with E-state index in [-0.39, 0.29) is 36.6 Å². The van der Waals surface area contributed by atoms with Crippen molar-refractivity contribution in [3.8, 4) is 5.75 Å².